The molecule has 1 atom stereocenters. The average molecular weight is 363 g/mol. The Kier molecular flexibility index (Phi) is 6.82. The molecule has 1 aromatic rings. The Bertz CT molecular complexity index is 351. The van der Waals surface area contributed by atoms with Crippen molar-refractivity contribution in [1.82, 2.24) is 5.32 Å². The van der Waals surface area contributed by atoms with Gasteiger partial charge in [-0.25, -0.2) is 0 Å². The molecular formula is C13H17Br2NO. The fourth-order valence-corrected chi connectivity index (χ4v) is 2.16. The number of carbonyl (C=O) groups excluding carboxylic acids is 1. The van der Waals surface area contributed by atoms with Crippen LogP contribution in [0.1, 0.15) is 25.3 Å². The van der Waals surface area contributed by atoms with Crippen LogP contribution >= 0.6 is 31.9 Å². The van der Waals surface area contributed by atoms with Crippen molar-refractivity contribution in [3.05, 3.63) is 34.3 Å². The third kappa shape index (κ3) is 6.22. The van der Waals surface area contributed by atoms with Gasteiger partial charge in [0.15, 0.2) is 0 Å². The molecule has 0 radical (unpaired) electrons. The highest BCUT2D eigenvalue weighted by molar-refractivity contribution is 9.10. The first-order valence-corrected chi connectivity index (χ1v) is 7.63. The number of rotatable bonds is 6. The van der Waals surface area contributed by atoms with Gasteiger partial charge in [0.05, 0.1) is 6.42 Å². The Labute approximate surface area is 119 Å². The molecule has 0 bridgehead atoms. The van der Waals surface area contributed by atoms with Crippen LogP contribution in [0.5, 0.6) is 0 Å². The molecule has 1 amide bonds. The maximum Gasteiger partial charge on any atom is 0.224 e. The standard InChI is InChI=1S/C13H17Br2NO/c1-10(3-2-8-14)16-13(17)9-11-4-6-12(15)7-5-11/h4-7,10H,2-3,8-9H2,1H3,(H,16,17). The summed E-state index contributed by atoms with van der Waals surface area (Å²) in [5.41, 5.74) is 1.04. The zero-order chi connectivity index (χ0) is 12.7. The quantitative estimate of drug-likeness (QED) is 0.768. The van der Waals surface area contributed by atoms with Crippen LogP contribution in [-0.4, -0.2) is 17.3 Å². The summed E-state index contributed by atoms with van der Waals surface area (Å²) < 4.78 is 1.03. The van der Waals surface area contributed by atoms with Crippen LogP contribution in [0.25, 0.3) is 0 Å². The van der Waals surface area contributed by atoms with Gasteiger partial charge in [0.2, 0.25) is 5.91 Å². The predicted octanol–water partition coefficient (Wildman–Crippen LogP) is 3.67. The van der Waals surface area contributed by atoms with E-state index in [2.05, 4.69) is 37.2 Å². The number of carbonyl (C=O) groups is 1. The van der Waals surface area contributed by atoms with E-state index < -0.39 is 0 Å². The molecule has 1 N–H and O–H groups in total. The fourth-order valence-electron chi connectivity index (χ4n) is 1.57. The summed E-state index contributed by atoms with van der Waals surface area (Å²) in [7, 11) is 0. The minimum absolute atomic E-state index is 0.0920. The molecule has 4 heteroatoms. The van der Waals surface area contributed by atoms with E-state index in [9.17, 15) is 4.79 Å². The van der Waals surface area contributed by atoms with E-state index in [1.54, 1.807) is 0 Å². The molecule has 0 aliphatic heterocycles. The van der Waals surface area contributed by atoms with Crippen molar-refractivity contribution < 1.29 is 4.79 Å². The molecule has 1 rings (SSSR count). The van der Waals surface area contributed by atoms with E-state index in [0.717, 1.165) is 28.2 Å². The summed E-state index contributed by atoms with van der Waals surface area (Å²) in [6.07, 6.45) is 2.54. The molecule has 0 aliphatic carbocycles. The van der Waals surface area contributed by atoms with Gasteiger partial charge in [-0.3, -0.25) is 4.79 Å². The van der Waals surface area contributed by atoms with Crippen LogP contribution in [0, 0.1) is 0 Å². The molecule has 17 heavy (non-hydrogen) atoms. The third-order valence-corrected chi connectivity index (χ3v) is 3.55. The predicted molar refractivity (Wildman–Crippen MR) is 78.5 cm³/mol. The molecule has 1 aromatic carbocycles. The number of hydrogen-bond acceptors (Lipinski definition) is 1. The maximum atomic E-state index is 11.7. The normalized spacial score (nSPS) is 12.2. The van der Waals surface area contributed by atoms with Crippen molar-refractivity contribution in [2.45, 2.75) is 32.2 Å². The Morgan fingerprint density at radius 1 is 1.35 bits per heavy atom. The van der Waals surface area contributed by atoms with Crippen LogP contribution in [0.15, 0.2) is 28.7 Å². The lowest BCUT2D eigenvalue weighted by Crippen LogP contribution is -2.33. The summed E-state index contributed by atoms with van der Waals surface area (Å²) in [6.45, 7) is 2.04. The van der Waals surface area contributed by atoms with Crippen molar-refractivity contribution in [3.63, 3.8) is 0 Å². The Morgan fingerprint density at radius 2 is 2.00 bits per heavy atom. The van der Waals surface area contributed by atoms with Gasteiger partial charge in [-0.15, -0.1) is 0 Å². The van der Waals surface area contributed by atoms with Crippen molar-refractivity contribution in [1.29, 1.82) is 0 Å². The van der Waals surface area contributed by atoms with E-state index in [4.69, 9.17) is 0 Å². The molecule has 0 spiro atoms. The Morgan fingerprint density at radius 3 is 2.59 bits per heavy atom. The van der Waals surface area contributed by atoms with Crippen molar-refractivity contribution >= 4 is 37.8 Å². The number of hydrogen-bond donors (Lipinski definition) is 1. The smallest absolute Gasteiger partial charge is 0.224 e. The van der Waals surface area contributed by atoms with Crippen LogP contribution in [0.4, 0.5) is 0 Å². The van der Waals surface area contributed by atoms with E-state index >= 15 is 0 Å². The second-order valence-electron chi connectivity index (χ2n) is 4.10. The van der Waals surface area contributed by atoms with Crippen molar-refractivity contribution in [2.75, 3.05) is 5.33 Å². The minimum atomic E-state index is 0.0920. The maximum absolute atomic E-state index is 11.7. The second kappa shape index (κ2) is 7.88. The second-order valence-corrected chi connectivity index (χ2v) is 5.81. The molecule has 1 unspecified atom stereocenters. The van der Waals surface area contributed by atoms with E-state index in [1.807, 2.05) is 31.2 Å². The third-order valence-electron chi connectivity index (χ3n) is 2.46. The first-order chi connectivity index (χ1) is 8.11. The first-order valence-electron chi connectivity index (χ1n) is 5.71. The molecule has 0 fully saturated rings. The molecular weight excluding hydrogens is 346 g/mol. The lowest BCUT2D eigenvalue weighted by Gasteiger charge is -2.13. The summed E-state index contributed by atoms with van der Waals surface area (Å²) in [5.74, 6) is 0.0920. The summed E-state index contributed by atoms with van der Waals surface area (Å²) in [5, 5.41) is 3.99. The average Bonchev–Trinajstić information content (AvgIpc) is 2.29. The first kappa shape index (κ1) is 14.7. The lowest BCUT2D eigenvalue weighted by atomic mass is 10.1. The summed E-state index contributed by atoms with van der Waals surface area (Å²) in [6, 6.07) is 8.09. The monoisotopic (exact) mass is 361 g/mol. The van der Waals surface area contributed by atoms with Gasteiger partial charge < -0.3 is 5.32 Å². The lowest BCUT2D eigenvalue weighted by molar-refractivity contribution is -0.121. The van der Waals surface area contributed by atoms with Crippen LogP contribution in [0.3, 0.4) is 0 Å². The topological polar surface area (TPSA) is 29.1 Å². The highest BCUT2D eigenvalue weighted by Gasteiger charge is 2.07. The van der Waals surface area contributed by atoms with E-state index in [0.29, 0.717) is 6.42 Å². The zero-order valence-electron chi connectivity index (χ0n) is 9.88. The van der Waals surface area contributed by atoms with E-state index in [-0.39, 0.29) is 11.9 Å². The Balaban J connectivity index is 2.36. The van der Waals surface area contributed by atoms with E-state index in [1.165, 1.54) is 0 Å². The molecule has 0 saturated carbocycles. The minimum Gasteiger partial charge on any atom is -0.353 e. The van der Waals surface area contributed by atoms with Gasteiger partial charge in [-0.2, -0.15) is 0 Å². The van der Waals surface area contributed by atoms with Gasteiger partial charge in [-0.05, 0) is 37.5 Å². The Hall–Kier alpha value is -0.350. The molecule has 0 heterocycles. The molecule has 0 saturated heterocycles. The summed E-state index contributed by atoms with van der Waals surface area (Å²) in [4.78, 5) is 11.7. The number of halogens is 2. The number of nitrogens with one attached hydrogen (secondary N) is 1. The van der Waals surface area contributed by atoms with Crippen LogP contribution in [-0.2, 0) is 11.2 Å². The molecule has 0 aromatic heterocycles. The molecule has 2 nitrogen and oxygen atoms in total. The largest absolute Gasteiger partial charge is 0.353 e. The van der Waals surface area contributed by atoms with Crippen LogP contribution < -0.4 is 5.32 Å². The molecule has 94 valence electrons. The van der Waals surface area contributed by atoms with Crippen molar-refractivity contribution in [3.8, 4) is 0 Å². The number of amides is 1. The molecule has 0 aliphatic rings. The number of benzene rings is 1. The number of alkyl halides is 1. The highest BCUT2D eigenvalue weighted by atomic mass is 79.9. The fraction of sp³-hybridized carbons (Fsp3) is 0.462. The zero-order valence-corrected chi connectivity index (χ0v) is 13.1. The van der Waals surface area contributed by atoms with Gasteiger partial charge in [0.25, 0.3) is 0 Å². The SMILES string of the molecule is CC(CCCBr)NC(=O)Cc1ccc(Br)cc1. The van der Waals surface area contributed by atoms with Crippen molar-refractivity contribution in [2.24, 2.45) is 0 Å². The highest BCUT2D eigenvalue weighted by Crippen LogP contribution is 2.11. The van der Waals surface area contributed by atoms with Gasteiger partial charge >= 0.3 is 0 Å². The van der Waals surface area contributed by atoms with Gasteiger partial charge in [0.1, 0.15) is 0 Å². The van der Waals surface area contributed by atoms with Gasteiger partial charge in [0, 0.05) is 15.8 Å². The van der Waals surface area contributed by atoms with Gasteiger partial charge in [-0.1, -0.05) is 44.0 Å². The van der Waals surface area contributed by atoms with Crippen LogP contribution in [0.2, 0.25) is 0 Å². The summed E-state index contributed by atoms with van der Waals surface area (Å²) >= 11 is 6.76.